The first kappa shape index (κ1) is 18.8. The summed E-state index contributed by atoms with van der Waals surface area (Å²) >= 11 is 0. The molecule has 0 radical (unpaired) electrons. The molecule has 2 N–H and O–H groups in total. The maximum atomic E-state index is 12.0. The molecule has 0 heterocycles. The van der Waals surface area contributed by atoms with Crippen molar-refractivity contribution in [1.29, 1.82) is 0 Å². The number of hydrogen-bond acceptors (Lipinski definition) is 4. The summed E-state index contributed by atoms with van der Waals surface area (Å²) in [5.41, 5.74) is 2.06. The van der Waals surface area contributed by atoms with Crippen LogP contribution in [0, 0.1) is 0 Å². The number of aryl methyl sites for hydroxylation is 1. The van der Waals surface area contributed by atoms with Gasteiger partial charge in [-0.15, -0.1) is 0 Å². The SMILES string of the molecule is CCc1ccccc1OCC(=O)Nc1ccc(NS(=O)(=O)CC)cc1. The first-order valence-electron chi connectivity index (χ1n) is 8.04. The summed E-state index contributed by atoms with van der Waals surface area (Å²) in [6.07, 6.45) is 0.826. The van der Waals surface area contributed by atoms with Crippen molar-refractivity contribution >= 4 is 27.3 Å². The number of sulfonamides is 1. The summed E-state index contributed by atoms with van der Waals surface area (Å²) in [4.78, 5) is 12.0. The van der Waals surface area contributed by atoms with E-state index in [1.807, 2.05) is 31.2 Å². The third-order valence-corrected chi connectivity index (χ3v) is 4.84. The third-order valence-electron chi connectivity index (χ3n) is 3.53. The highest BCUT2D eigenvalue weighted by Gasteiger charge is 2.08. The van der Waals surface area contributed by atoms with Crippen molar-refractivity contribution in [3.63, 3.8) is 0 Å². The number of para-hydroxylation sites is 1. The lowest BCUT2D eigenvalue weighted by Gasteiger charge is -2.11. The zero-order valence-corrected chi connectivity index (χ0v) is 15.1. The second-order valence-corrected chi connectivity index (χ2v) is 7.39. The fourth-order valence-corrected chi connectivity index (χ4v) is 2.79. The fraction of sp³-hybridized carbons (Fsp3) is 0.278. The van der Waals surface area contributed by atoms with Gasteiger partial charge in [0.2, 0.25) is 10.0 Å². The topological polar surface area (TPSA) is 84.5 Å². The highest BCUT2D eigenvalue weighted by molar-refractivity contribution is 7.92. The lowest BCUT2D eigenvalue weighted by Crippen LogP contribution is -2.20. The molecule has 2 aromatic carbocycles. The molecule has 2 rings (SSSR count). The molecule has 0 saturated heterocycles. The molecule has 1 amide bonds. The molecular weight excluding hydrogens is 340 g/mol. The molecule has 0 unspecified atom stereocenters. The van der Waals surface area contributed by atoms with Crippen molar-refractivity contribution in [3.05, 3.63) is 54.1 Å². The van der Waals surface area contributed by atoms with Gasteiger partial charge in [-0.3, -0.25) is 9.52 Å². The summed E-state index contributed by atoms with van der Waals surface area (Å²) in [7, 11) is -3.31. The Morgan fingerprint density at radius 2 is 1.64 bits per heavy atom. The second kappa shape index (κ2) is 8.53. The minimum Gasteiger partial charge on any atom is -0.483 e. The van der Waals surface area contributed by atoms with Crippen LogP contribution in [0.1, 0.15) is 19.4 Å². The number of anilines is 2. The van der Waals surface area contributed by atoms with Crippen LogP contribution < -0.4 is 14.8 Å². The van der Waals surface area contributed by atoms with Crippen LogP contribution in [0.2, 0.25) is 0 Å². The van der Waals surface area contributed by atoms with Gasteiger partial charge in [-0.1, -0.05) is 25.1 Å². The molecule has 7 heteroatoms. The van der Waals surface area contributed by atoms with Crippen molar-refractivity contribution in [1.82, 2.24) is 0 Å². The maximum Gasteiger partial charge on any atom is 0.262 e. The van der Waals surface area contributed by atoms with Gasteiger partial charge >= 0.3 is 0 Å². The zero-order valence-electron chi connectivity index (χ0n) is 14.3. The molecule has 0 aromatic heterocycles. The van der Waals surface area contributed by atoms with Gasteiger partial charge in [0.05, 0.1) is 5.75 Å². The van der Waals surface area contributed by atoms with Gasteiger partial charge in [-0.05, 0) is 49.2 Å². The van der Waals surface area contributed by atoms with Crippen LogP contribution in [0.3, 0.4) is 0 Å². The summed E-state index contributed by atoms with van der Waals surface area (Å²) in [6.45, 7) is 3.49. The Labute approximate surface area is 148 Å². The van der Waals surface area contributed by atoms with Crippen LogP contribution in [0.5, 0.6) is 5.75 Å². The van der Waals surface area contributed by atoms with E-state index >= 15 is 0 Å². The molecule has 0 atom stereocenters. The van der Waals surface area contributed by atoms with E-state index in [-0.39, 0.29) is 18.3 Å². The molecule has 0 fully saturated rings. The third kappa shape index (κ3) is 5.79. The first-order valence-corrected chi connectivity index (χ1v) is 9.70. The Morgan fingerprint density at radius 3 is 2.28 bits per heavy atom. The molecule has 0 aliphatic carbocycles. The van der Waals surface area contributed by atoms with E-state index in [0.29, 0.717) is 17.1 Å². The highest BCUT2D eigenvalue weighted by atomic mass is 32.2. The Bertz CT molecular complexity index is 817. The highest BCUT2D eigenvalue weighted by Crippen LogP contribution is 2.18. The molecule has 0 aliphatic rings. The Balaban J connectivity index is 1.90. The number of nitrogens with one attached hydrogen (secondary N) is 2. The molecular formula is C18H22N2O4S. The Kier molecular flexibility index (Phi) is 6.41. The molecule has 0 bridgehead atoms. The normalized spacial score (nSPS) is 11.0. The summed E-state index contributed by atoms with van der Waals surface area (Å²) < 4.78 is 31.0. The van der Waals surface area contributed by atoms with Crippen molar-refractivity contribution < 1.29 is 17.9 Å². The molecule has 0 spiro atoms. The zero-order chi connectivity index (χ0) is 18.3. The monoisotopic (exact) mass is 362 g/mol. The lowest BCUT2D eigenvalue weighted by atomic mass is 10.1. The van der Waals surface area contributed by atoms with Gasteiger partial charge in [0.15, 0.2) is 6.61 Å². The Hall–Kier alpha value is -2.54. The van der Waals surface area contributed by atoms with Crippen molar-refractivity contribution in [2.45, 2.75) is 20.3 Å². The van der Waals surface area contributed by atoms with E-state index in [1.54, 1.807) is 31.2 Å². The number of rotatable bonds is 8. The summed E-state index contributed by atoms with van der Waals surface area (Å²) in [5.74, 6) is 0.416. The van der Waals surface area contributed by atoms with E-state index < -0.39 is 10.0 Å². The van der Waals surface area contributed by atoms with E-state index in [4.69, 9.17) is 4.74 Å². The number of hydrogen-bond donors (Lipinski definition) is 2. The van der Waals surface area contributed by atoms with Gasteiger partial charge in [0.1, 0.15) is 5.75 Å². The largest absolute Gasteiger partial charge is 0.483 e. The first-order chi connectivity index (χ1) is 11.9. The van der Waals surface area contributed by atoms with Crippen LogP contribution in [-0.2, 0) is 21.2 Å². The predicted molar refractivity (Wildman–Crippen MR) is 99.5 cm³/mol. The summed E-state index contributed by atoms with van der Waals surface area (Å²) in [5, 5.41) is 2.71. The summed E-state index contributed by atoms with van der Waals surface area (Å²) in [6, 6.07) is 14.0. The second-order valence-electron chi connectivity index (χ2n) is 5.38. The fourth-order valence-electron chi connectivity index (χ4n) is 2.15. The van der Waals surface area contributed by atoms with Crippen molar-refractivity contribution in [2.24, 2.45) is 0 Å². The standard InChI is InChI=1S/C18H22N2O4S/c1-3-14-7-5-6-8-17(14)24-13-18(21)19-15-9-11-16(12-10-15)20-25(22,23)4-2/h5-12,20H,3-4,13H2,1-2H3,(H,19,21). The Morgan fingerprint density at radius 1 is 1.00 bits per heavy atom. The van der Waals surface area contributed by atoms with Gasteiger partial charge in [-0.2, -0.15) is 0 Å². The molecule has 6 nitrogen and oxygen atoms in total. The van der Waals surface area contributed by atoms with Crippen molar-refractivity contribution in [2.75, 3.05) is 22.4 Å². The van der Waals surface area contributed by atoms with Crippen LogP contribution in [0.25, 0.3) is 0 Å². The van der Waals surface area contributed by atoms with Crippen LogP contribution in [0.15, 0.2) is 48.5 Å². The van der Waals surface area contributed by atoms with Crippen molar-refractivity contribution in [3.8, 4) is 5.75 Å². The van der Waals surface area contributed by atoms with Crippen LogP contribution in [0.4, 0.5) is 11.4 Å². The molecule has 134 valence electrons. The minimum atomic E-state index is -3.31. The van der Waals surface area contributed by atoms with E-state index in [2.05, 4.69) is 10.0 Å². The maximum absolute atomic E-state index is 12.0. The molecule has 2 aromatic rings. The number of benzene rings is 2. The minimum absolute atomic E-state index is 0.00204. The van der Waals surface area contributed by atoms with Crippen LogP contribution in [-0.4, -0.2) is 26.7 Å². The van der Waals surface area contributed by atoms with E-state index in [9.17, 15) is 13.2 Å². The number of carbonyl (C=O) groups excluding carboxylic acids is 1. The molecule has 25 heavy (non-hydrogen) atoms. The smallest absolute Gasteiger partial charge is 0.262 e. The van der Waals surface area contributed by atoms with Crippen LogP contribution >= 0.6 is 0 Å². The molecule has 0 saturated carbocycles. The lowest BCUT2D eigenvalue weighted by molar-refractivity contribution is -0.118. The van der Waals surface area contributed by atoms with Gasteiger partial charge < -0.3 is 10.1 Å². The van der Waals surface area contributed by atoms with E-state index in [1.165, 1.54) is 0 Å². The quantitative estimate of drug-likeness (QED) is 0.756. The van der Waals surface area contributed by atoms with E-state index in [0.717, 1.165) is 12.0 Å². The number of amides is 1. The number of ether oxygens (including phenoxy) is 1. The van der Waals surface area contributed by atoms with Gasteiger partial charge in [0, 0.05) is 11.4 Å². The number of carbonyl (C=O) groups is 1. The predicted octanol–water partition coefficient (Wildman–Crippen LogP) is 3.03. The molecule has 0 aliphatic heterocycles. The van der Waals surface area contributed by atoms with Gasteiger partial charge in [-0.25, -0.2) is 8.42 Å². The average molecular weight is 362 g/mol. The van der Waals surface area contributed by atoms with Gasteiger partial charge in [0.25, 0.3) is 5.91 Å². The average Bonchev–Trinajstić information content (AvgIpc) is 2.61.